The van der Waals surface area contributed by atoms with Gasteiger partial charge in [0.05, 0.1) is 11.2 Å². The van der Waals surface area contributed by atoms with Crippen LogP contribution in [0.1, 0.15) is 26.7 Å². The third-order valence-electron chi connectivity index (χ3n) is 3.61. The van der Waals surface area contributed by atoms with Crippen molar-refractivity contribution in [2.45, 2.75) is 38.8 Å². The Morgan fingerprint density at radius 1 is 1.31 bits per heavy atom. The van der Waals surface area contributed by atoms with E-state index in [9.17, 15) is 18.4 Å². The number of carbonyl (C=O) groups is 2. The topological polar surface area (TPSA) is 101 Å². The molecule has 7 nitrogen and oxygen atoms in total. The second-order valence-electron chi connectivity index (χ2n) is 6.25. The maximum absolute atomic E-state index is 12.5. The average Bonchev–Trinajstić information content (AvgIpc) is 2.54. The summed E-state index contributed by atoms with van der Waals surface area (Å²) in [6.45, 7) is 0.423. The fourth-order valence-corrected chi connectivity index (χ4v) is 2.39. The zero-order valence-corrected chi connectivity index (χ0v) is 14.3. The number of amides is 2. The van der Waals surface area contributed by atoms with Crippen molar-refractivity contribution >= 4 is 28.6 Å². The number of hydrogen-bond acceptors (Lipinski definition) is 4. The normalized spacial score (nSPS) is 11.4. The second kappa shape index (κ2) is 7.94. The van der Waals surface area contributed by atoms with E-state index in [2.05, 4.69) is 20.4 Å². The molecule has 140 valence electrons. The minimum Gasteiger partial charge on any atom is -0.481 e. The van der Waals surface area contributed by atoms with Crippen molar-refractivity contribution < 1.29 is 28.2 Å². The van der Waals surface area contributed by atoms with Crippen molar-refractivity contribution in [3.05, 3.63) is 30.5 Å². The minimum atomic E-state index is -2.98. The molecule has 2 aromatic rings. The molecule has 0 saturated carbocycles. The number of urea groups is 1. The molecule has 2 amide bonds. The lowest BCUT2D eigenvalue weighted by Gasteiger charge is -2.25. The van der Waals surface area contributed by atoms with E-state index in [1.165, 1.54) is 18.3 Å². The summed E-state index contributed by atoms with van der Waals surface area (Å²) in [5.41, 5.74) is -0.136. The van der Waals surface area contributed by atoms with Crippen LogP contribution in [0.4, 0.5) is 19.3 Å². The van der Waals surface area contributed by atoms with Crippen LogP contribution in [0.2, 0.25) is 0 Å². The summed E-state index contributed by atoms with van der Waals surface area (Å²) >= 11 is 0. The third kappa shape index (κ3) is 5.27. The van der Waals surface area contributed by atoms with Crippen LogP contribution in [-0.2, 0) is 4.79 Å². The molecule has 0 fully saturated rings. The van der Waals surface area contributed by atoms with E-state index < -0.39 is 24.2 Å². The van der Waals surface area contributed by atoms with Crippen LogP contribution in [0.15, 0.2) is 30.5 Å². The van der Waals surface area contributed by atoms with Gasteiger partial charge in [0.25, 0.3) is 0 Å². The number of benzene rings is 1. The number of fused-ring (bicyclic) bond motifs is 1. The van der Waals surface area contributed by atoms with E-state index in [-0.39, 0.29) is 18.6 Å². The highest BCUT2D eigenvalue weighted by Crippen LogP contribution is 2.31. The third-order valence-corrected chi connectivity index (χ3v) is 3.61. The van der Waals surface area contributed by atoms with Crippen LogP contribution >= 0.6 is 0 Å². The molecule has 0 unspecified atom stereocenters. The number of carboxylic acid groups (broad SMARTS) is 1. The Bertz CT molecular complexity index is 812. The molecule has 1 aromatic carbocycles. The number of halogens is 2. The molecule has 9 heteroatoms. The van der Waals surface area contributed by atoms with Gasteiger partial charge in [0.1, 0.15) is 5.75 Å². The van der Waals surface area contributed by atoms with Crippen molar-refractivity contribution in [2.75, 3.05) is 5.32 Å². The smallest absolute Gasteiger partial charge is 0.387 e. The monoisotopic (exact) mass is 367 g/mol. The number of alkyl halides is 2. The van der Waals surface area contributed by atoms with Gasteiger partial charge in [-0.25, -0.2) is 4.79 Å². The van der Waals surface area contributed by atoms with E-state index in [4.69, 9.17) is 5.11 Å². The average molecular weight is 367 g/mol. The SMILES string of the molecule is CC(C)(CCC(=O)O)NC(=O)Nc1ccc(OC(F)F)c2cccnc12. The van der Waals surface area contributed by atoms with E-state index >= 15 is 0 Å². The maximum Gasteiger partial charge on any atom is 0.387 e. The number of aliphatic carboxylic acids is 1. The highest BCUT2D eigenvalue weighted by Gasteiger charge is 2.22. The number of nitrogens with one attached hydrogen (secondary N) is 2. The van der Waals surface area contributed by atoms with Crippen LogP contribution in [-0.4, -0.2) is 34.2 Å². The molecule has 1 aromatic heterocycles. The number of hydrogen-bond donors (Lipinski definition) is 3. The maximum atomic E-state index is 12.5. The van der Waals surface area contributed by atoms with Gasteiger partial charge >= 0.3 is 18.6 Å². The Hall–Kier alpha value is -2.97. The first-order chi connectivity index (χ1) is 12.2. The highest BCUT2D eigenvalue weighted by molar-refractivity contribution is 6.01. The molecule has 26 heavy (non-hydrogen) atoms. The van der Waals surface area contributed by atoms with E-state index in [1.807, 2.05) is 0 Å². The van der Waals surface area contributed by atoms with Crippen molar-refractivity contribution in [3.8, 4) is 5.75 Å². The summed E-state index contributed by atoms with van der Waals surface area (Å²) in [6.07, 6.45) is 1.63. The lowest BCUT2D eigenvalue weighted by Crippen LogP contribution is -2.45. The van der Waals surface area contributed by atoms with Gasteiger partial charge in [0.2, 0.25) is 0 Å². The first kappa shape index (κ1) is 19.4. The molecule has 0 aliphatic heterocycles. The van der Waals surface area contributed by atoms with Crippen LogP contribution in [0, 0.1) is 0 Å². The van der Waals surface area contributed by atoms with E-state index in [1.54, 1.807) is 26.0 Å². The first-order valence-corrected chi connectivity index (χ1v) is 7.81. The second-order valence-corrected chi connectivity index (χ2v) is 6.25. The summed E-state index contributed by atoms with van der Waals surface area (Å²) in [7, 11) is 0. The molecule has 0 atom stereocenters. The summed E-state index contributed by atoms with van der Waals surface area (Å²) in [5.74, 6) is -0.999. The highest BCUT2D eigenvalue weighted by atomic mass is 19.3. The first-order valence-electron chi connectivity index (χ1n) is 7.81. The van der Waals surface area contributed by atoms with Crippen molar-refractivity contribution in [2.24, 2.45) is 0 Å². The Morgan fingerprint density at radius 2 is 2.04 bits per heavy atom. The summed E-state index contributed by atoms with van der Waals surface area (Å²) in [4.78, 5) is 27.0. The molecule has 0 spiro atoms. The molecule has 2 rings (SSSR count). The molecule has 3 N–H and O–H groups in total. The Morgan fingerprint density at radius 3 is 2.69 bits per heavy atom. The minimum absolute atomic E-state index is 0.0455. The fraction of sp³-hybridized carbons (Fsp3) is 0.353. The van der Waals surface area contributed by atoms with Gasteiger partial charge in [0.15, 0.2) is 0 Å². The van der Waals surface area contributed by atoms with Gasteiger partial charge in [0, 0.05) is 23.5 Å². The van der Waals surface area contributed by atoms with Gasteiger partial charge in [-0.1, -0.05) is 0 Å². The molecule has 0 bridgehead atoms. The molecule has 0 aliphatic carbocycles. The van der Waals surface area contributed by atoms with Gasteiger partial charge in [-0.2, -0.15) is 8.78 Å². The van der Waals surface area contributed by atoms with Gasteiger partial charge in [-0.3, -0.25) is 9.78 Å². The Kier molecular flexibility index (Phi) is 5.91. The van der Waals surface area contributed by atoms with Crippen LogP contribution in [0.25, 0.3) is 10.9 Å². The number of pyridine rings is 1. The summed E-state index contributed by atoms with van der Waals surface area (Å²) < 4.78 is 29.5. The van der Waals surface area contributed by atoms with E-state index in [0.29, 0.717) is 16.6 Å². The molecule has 0 radical (unpaired) electrons. The molecular weight excluding hydrogens is 348 g/mol. The summed E-state index contributed by atoms with van der Waals surface area (Å²) in [6, 6.07) is 5.30. The van der Waals surface area contributed by atoms with E-state index in [0.717, 1.165) is 0 Å². The summed E-state index contributed by atoms with van der Waals surface area (Å²) in [5, 5.41) is 14.4. The molecule has 1 heterocycles. The quantitative estimate of drug-likeness (QED) is 0.694. The van der Waals surface area contributed by atoms with Gasteiger partial charge < -0.3 is 20.5 Å². The predicted octanol–water partition coefficient (Wildman–Crippen LogP) is 3.60. The number of carboxylic acids is 1. The molecule has 0 aliphatic rings. The zero-order chi connectivity index (χ0) is 19.3. The van der Waals surface area contributed by atoms with Crippen LogP contribution in [0.3, 0.4) is 0 Å². The van der Waals surface area contributed by atoms with Crippen LogP contribution in [0.5, 0.6) is 5.75 Å². The number of nitrogens with zero attached hydrogens (tertiary/aromatic N) is 1. The van der Waals surface area contributed by atoms with Crippen LogP contribution < -0.4 is 15.4 Å². The standard InChI is InChI=1S/C17H19F2N3O4/c1-17(2,8-7-13(23)24)22-16(25)21-11-5-6-12(26-15(18)19)10-4-3-9-20-14(10)11/h3-6,9,15H,7-8H2,1-2H3,(H,23,24)(H2,21,22,25). The number of rotatable bonds is 7. The van der Waals surface area contributed by atoms with Crippen molar-refractivity contribution in [1.29, 1.82) is 0 Å². The number of anilines is 1. The lowest BCUT2D eigenvalue weighted by molar-refractivity contribution is -0.137. The van der Waals surface area contributed by atoms with Gasteiger partial charge in [-0.05, 0) is 44.5 Å². The number of ether oxygens (including phenoxy) is 1. The number of aromatic nitrogens is 1. The molecule has 0 saturated heterocycles. The molecular formula is C17H19F2N3O4. The Balaban J connectivity index is 2.18. The largest absolute Gasteiger partial charge is 0.481 e. The lowest BCUT2D eigenvalue weighted by atomic mass is 9.99. The zero-order valence-electron chi connectivity index (χ0n) is 14.3. The predicted molar refractivity (Wildman–Crippen MR) is 91.5 cm³/mol. The van der Waals surface area contributed by atoms with Crippen molar-refractivity contribution in [3.63, 3.8) is 0 Å². The van der Waals surface area contributed by atoms with Gasteiger partial charge in [-0.15, -0.1) is 0 Å². The number of carbonyl (C=O) groups excluding carboxylic acids is 1. The van der Waals surface area contributed by atoms with Crippen molar-refractivity contribution in [1.82, 2.24) is 10.3 Å². The fourth-order valence-electron chi connectivity index (χ4n) is 2.39. The Labute approximate surface area is 148 Å².